The molecular formula is C12H13BrFNO3. The van der Waals surface area contributed by atoms with E-state index in [1.54, 1.807) is 18.2 Å². The zero-order valence-corrected chi connectivity index (χ0v) is 11.1. The molecule has 0 aliphatic heterocycles. The lowest BCUT2D eigenvalue weighted by Crippen LogP contribution is -2.33. The maximum Gasteiger partial charge on any atom is 0.305 e. The second-order valence-electron chi connectivity index (χ2n) is 3.70. The topological polar surface area (TPSA) is 66.4 Å². The number of benzene rings is 1. The van der Waals surface area contributed by atoms with Gasteiger partial charge in [0.2, 0.25) is 5.91 Å². The van der Waals surface area contributed by atoms with Crippen LogP contribution in [0.2, 0.25) is 0 Å². The average molecular weight is 318 g/mol. The maximum absolute atomic E-state index is 13.3. The van der Waals surface area contributed by atoms with E-state index in [9.17, 15) is 14.0 Å². The highest BCUT2D eigenvalue weighted by atomic mass is 79.9. The Balaban J connectivity index is 2.45. The van der Waals surface area contributed by atoms with Crippen LogP contribution in [0.3, 0.4) is 0 Å². The molecule has 0 aromatic heterocycles. The Hall–Kier alpha value is -1.43. The van der Waals surface area contributed by atoms with Crippen molar-refractivity contribution >= 4 is 27.8 Å². The molecule has 0 aliphatic rings. The maximum atomic E-state index is 13.3. The highest BCUT2D eigenvalue weighted by Crippen LogP contribution is 2.13. The lowest BCUT2D eigenvalue weighted by Gasteiger charge is -2.10. The molecule has 0 fully saturated rings. The Morgan fingerprint density at radius 3 is 2.67 bits per heavy atom. The molecule has 0 bridgehead atoms. The van der Waals surface area contributed by atoms with Gasteiger partial charge >= 0.3 is 5.97 Å². The SMILES string of the molecule is O=C(O)CCNC(=O)C(Br)Cc1ccccc1F. The van der Waals surface area contributed by atoms with Crippen molar-refractivity contribution in [1.82, 2.24) is 5.32 Å². The molecule has 6 heteroatoms. The largest absolute Gasteiger partial charge is 0.481 e. The minimum atomic E-state index is -0.976. The van der Waals surface area contributed by atoms with Gasteiger partial charge in [0.05, 0.1) is 11.2 Å². The van der Waals surface area contributed by atoms with E-state index < -0.39 is 10.8 Å². The van der Waals surface area contributed by atoms with Crippen LogP contribution in [0.5, 0.6) is 0 Å². The van der Waals surface area contributed by atoms with E-state index in [2.05, 4.69) is 21.2 Å². The van der Waals surface area contributed by atoms with Gasteiger partial charge in [-0.15, -0.1) is 0 Å². The molecule has 4 nitrogen and oxygen atoms in total. The standard InChI is InChI=1S/C12H13BrFNO3/c13-9(12(18)15-6-5-11(16)17)7-8-3-1-2-4-10(8)14/h1-4,9H,5-7H2,(H,15,18)(H,16,17). The van der Waals surface area contributed by atoms with E-state index in [4.69, 9.17) is 5.11 Å². The molecule has 1 aromatic rings. The number of halogens is 2. The third kappa shape index (κ3) is 4.83. The van der Waals surface area contributed by atoms with Gasteiger partial charge in [-0.05, 0) is 18.1 Å². The van der Waals surface area contributed by atoms with Crippen molar-refractivity contribution in [3.63, 3.8) is 0 Å². The van der Waals surface area contributed by atoms with E-state index >= 15 is 0 Å². The number of carbonyl (C=O) groups excluding carboxylic acids is 1. The summed E-state index contributed by atoms with van der Waals surface area (Å²) in [5.74, 6) is -1.68. The van der Waals surface area contributed by atoms with Gasteiger partial charge in [-0.1, -0.05) is 34.1 Å². The molecule has 18 heavy (non-hydrogen) atoms. The molecule has 1 unspecified atom stereocenters. The van der Waals surface area contributed by atoms with Gasteiger partial charge in [0.1, 0.15) is 5.82 Å². The number of alkyl halides is 1. The molecule has 0 saturated carbocycles. The van der Waals surface area contributed by atoms with Crippen LogP contribution in [0.4, 0.5) is 4.39 Å². The third-order valence-corrected chi connectivity index (χ3v) is 3.02. The van der Waals surface area contributed by atoms with Crippen molar-refractivity contribution in [1.29, 1.82) is 0 Å². The lowest BCUT2D eigenvalue weighted by molar-refractivity contribution is -0.136. The summed E-state index contributed by atoms with van der Waals surface area (Å²) in [6.45, 7) is 0.0630. The van der Waals surface area contributed by atoms with Crippen LogP contribution in [0.25, 0.3) is 0 Å². The molecule has 0 saturated heterocycles. The summed E-state index contributed by atoms with van der Waals surface area (Å²) in [7, 11) is 0. The smallest absolute Gasteiger partial charge is 0.305 e. The number of rotatable bonds is 6. The van der Waals surface area contributed by atoms with Crippen LogP contribution < -0.4 is 5.32 Å². The van der Waals surface area contributed by atoms with E-state index in [1.165, 1.54) is 6.07 Å². The minimum absolute atomic E-state index is 0.0630. The lowest BCUT2D eigenvalue weighted by atomic mass is 10.1. The van der Waals surface area contributed by atoms with Crippen LogP contribution in [0, 0.1) is 5.82 Å². The monoisotopic (exact) mass is 317 g/mol. The average Bonchev–Trinajstić information content (AvgIpc) is 2.31. The van der Waals surface area contributed by atoms with Crippen molar-refractivity contribution < 1.29 is 19.1 Å². The number of carboxylic acids is 1. The zero-order valence-electron chi connectivity index (χ0n) is 9.53. The van der Waals surface area contributed by atoms with Crippen molar-refractivity contribution in [3.8, 4) is 0 Å². The summed E-state index contributed by atoms with van der Waals surface area (Å²) in [5, 5.41) is 10.9. The Morgan fingerprint density at radius 2 is 2.06 bits per heavy atom. The molecule has 2 N–H and O–H groups in total. The van der Waals surface area contributed by atoms with Crippen LogP contribution in [0.1, 0.15) is 12.0 Å². The molecule has 0 heterocycles. The van der Waals surface area contributed by atoms with Crippen LogP contribution >= 0.6 is 15.9 Å². The van der Waals surface area contributed by atoms with Crippen molar-refractivity contribution in [3.05, 3.63) is 35.6 Å². The fourth-order valence-corrected chi connectivity index (χ4v) is 1.86. The fraction of sp³-hybridized carbons (Fsp3) is 0.333. The molecule has 1 aromatic carbocycles. The first-order chi connectivity index (χ1) is 8.50. The van der Waals surface area contributed by atoms with Gasteiger partial charge in [-0.3, -0.25) is 9.59 Å². The molecule has 1 atom stereocenters. The molecule has 98 valence electrons. The van der Waals surface area contributed by atoms with Crippen molar-refractivity contribution in [2.24, 2.45) is 0 Å². The minimum Gasteiger partial charge on any atom is -0.481 e. The molecule has 0 spiro atoms. The van der Waals surface area contributed by atoms with Gasteiger partial charge in [0.15, 0.2) is 0 Å². The Kier molecular flexibility index (Phi) is 5.77. The fourth-order valence-electron chi connectivity index (χ4n) is 1.35. The van der Waals surface area contributed by atoms with Crippen LogP contribution in [0.15, 0.2) is 24.3 Å². The van der Waals surface area contributed by atoms with Crippen LogP contribution in [-0.4, -0.2) is 28.4 Å². The summed E-state index contributed by atoms with van der Waals surface area (Å²) >= 11 is 3.16. The Bertz CT molecular complexity index is 439. The Labute approximate surface area is 112 Å². The first kappa shape index (κ1) is 14.6. The van der Waals surface area contributed by atoms with Gasteiger partial charge in [-0.25, -0.2) is 4.39 Å². The number of nitrogens with one attached hydrogen (secondary N) is 1. The van der Waals surface area contributed by atoms with E-state index in [0.29, 0.717) is 5.56 Å². The zero-order chi connectivity index (χ0) is 13.5. The van der Waals surface area contributed by atoms with E-state index in [-0.39, 0.29) is 31.1 Å². The third-order valence-electron chi connectivity index (χ3n) is 2.28. The summed E-state index contributed by atoms with van der Waals surface area (Å²) in [6.07, 6.45) is 0.0801. The summed E-state index contributed by atoms with van der Waals surface area (Å²) < 4.78 is 13.3. The number of hydrogen-bond donors (Lipinski definition) is 2. The number of carbonyl (C=O) groups is 2. The van der Waals surface area contributed by atoms with Crippen molar-refractivity contribution in [2.75, 3.05) is 6.54 Å². The molecular weight excluding hydrogens is 305 g/mol. The molecule has 0 radical (unpaired) electrons. The normalized spacial score (nSPS) is 11.9. The van der Waals surface area contributed by atoms with Gasteiger partial charge in [-0.2, -0.15) is 0 Å². The second kappa shape index (κ2) is 7.10. The number of amides is 1. The summed E-state index contributed by atoms with van der Waals surface area (Å²) in [4.78, 5) is 21.3. The van der Waals surface area contributed by atoms with Gasteiger partial charge in [0.25, 0.3) is 0 Å². The second-order valence-corrected chi connectivity index (χ2v) is 4.80. The number of carboxylic acid groups (broad SMARTS) is 1. The van der Waals surface area contributed by atoms with Crippen molar-refractivity contribution in [2.45, 2.75) is 17.7 Å². The highest BCUT2D eigenvalue weighted by molar-refractivity contribution is 9.10. The summed E-state index contributed by atoms with van der Waals surface area (Å²) in [6, 6.07) is 6.21. The van der Waals surface area contributed by atoms with Gasteiger partial charge in [0, 0.05) is 6.54 Å². The van der Waals surface area contributed by atoms with E-state index in [1.807, 2.05) is 0 Å². The van der Waals surface area contributed by atoms with Gasteiger partial charge < -0.3 is 10.4 Å². The predicted molar refractivity (Wildman–Crippen MR) is 68.1 cm³/mol. The number of aliphatic carboxylic acids is 1. The highest BCUT2D eigenvalue weighted by Gasteiger charge is 2.16. The first-order valence-corrected chi connectivity index (χ1v) is 6.29. The van der Waals surface area contributed by atoms with E-state index in [0.717, 1.165) is 0 Å². The Morgan fingerprint density at radius 1 is 1.39 bits per heavy atom. The number of hydrogen-bond acceptors (Lipinski definition) is 2. The van der Waals surface area contributed by atoms with Crippen LogP contribution in [-0.2, 0) is 16.0 Å². The quantitative estimate of drug-likeness (QED) is 0.785. The molecule has 0 aliphatic carbocycles. The first-order valence-electron chi connectivity index (χ1n) is 5.37. The molecule has 1 rings (SSSR count). The summed E-state index contributed by atoms with van der Waals surface area (Å²) in [5.41, 5.74) is 0.438. The predicted octanol–water partition coefficient (Wildman–Crippen LogP) is 1.72. The molecule has 1 amide bonds.